The molecule has 0 saturated heterocycles. The van der Waals surface area contributed by atoms with Gasteiger partial charge in [0.2, 0.25) is 0 Å². The molecular weight excluding hydrogens is 248 g/mol. The Bertz CT molecular complexity index is 572. The van der Waals surface area contributed by atoms with E-state index in [2.05, 4.69) is 5.32 Å². The molecule has 2 aromatic carbocycles. The number of hydrogen-bond donors (Lipinski definition) is 2. The van der Waals surface area contributed by atoms with Gasteiger partial charge in [-0.15, -0.1) is 0 Å². The van der Waals surface area contributed by atoms with Crippen LogP contribution in [0, 0.1) is 11.6 Å². The predicted octanol–water partition coefficient (Wildman–Crippen LogP) is 2.77. The third-order valence-corrected chi connectivity index (χ3v) is 2.91. The molecule has 0 spiro atoms. The fourth-order valence-corrected chi connectivity index (χ4v) is 1.95. The summed E-state index contributed by atoms with van der Waals surface area (Å²) in [5, 5.41) is 13.2. The van der Waals surface area contributed by atoms with Crippen LogP contribution in [-0.4, -0.2) is 12.2 Å². The largest absolute Gasteiger partial charge is 0.384 e. The van der Waals surface area contributed by atoms with Crippen molar-refractivity contribution in [3.05, 3.63) is 70.8 Å². The molecule has 0 radical (unpaired) electrons. The smallest absolute Gasteiger partial charge is 0.159 e. The van der Waals surface area contributed by atoms with Crippen LogP contribution in [0.3, 0.4) is 0 Å². The highest BCUT2D eigenvalue weighted by Crippen LogP contribution is 2.24. The molecule has 0 aliphatic carbocycles. The van der Waals surface area contributed by atoms with Crippen LogP contribution in [0.15, 0.2) is 42.5 Å². The van der Waals surface area contributed by atoms with Gasteiger partial charge < -0.3 is 10.4 Å². The normalized spacial score (nSPS) is 12.4. The Hall–Kier alpha value is -1.78. The molecule has 0 saturated carbocycles. The van der Waals surface area contributed by atoms with Crippen molar-refractivity contribution in [2.24, 2.45) is 0 Å². The molecular formula is C15H15F2NO. The number of benzene rings is 2. The summed E-state index contributed by atoms with van der Waals surface area (Å²) in [6, 6.07) is 10.8. The van der Waals surface area contributed by atoms with Crippen molar-refractivity contribution < 1.29 is 13.9 Å². The second-order valence-corrected chi connectivity index (χ2v) is 4.35. The molecule has 0 bridgehead atoms. The Labute approximate surface area is 110 Å². The Morgan fingerprint density at radius 2 is 1.79 bits per heavy atom. The van der Waals surface area contributed by atoms with Gasteiger partial charge in [0, 0.05) is 6.54 Å². The van der Waals surface area contributed by atoms with Crippen LogP contribution in [0.2, 0.25) is 0 Å². The summed E-state index contributed by atoms with van der Waals surface area (Å²) in [5.41, 5.74) is 2.00. The highest BCUT2D eigenvalue weighted by Gasteiger charge is 2.13. The summed E-state index contributed by atoms with van der Waals surface area (Å²) in [6.07, 6.45) is -0.966. The molecule has 4 heteroatoms. The van der Waals surface area contributed by atoms with E-state index < -0.39 is 17.7 Å². The van der Waals surface area contributed by atoms with E-state index in [1.165, 1.54) is 6.07 Å². The van der Waals surface area contributed by atoms with E-state index >= 15 is 0 Å². The maximum absolute atomic E-state index is 13.2. The lowest BCUT2D eigenvalue weighted by Crippen LogP contribution is -2.07. The molecule has 0 amide bonds. The van der Waals surface area contributed by atoms with E-state index in [0.717, 1.165) is 17.7 Å². The summed E-state index contributed by atoms with van der Waals surface area (Å²) < 4.78 is 26.0. The van der Waals surface area contributed by atoms with Crippen LogP contribution >= 0.6 is 0 Å². The number of hydrogen-bond acceptors (Lipinski definition) is 2. The van der Waals surface area contributed by atoms with Crippen LogP contribution < -0.4 is 5.32 Å². The SMILES string of the molecule is CNCc1cccc(C(O)c2ccc(F)c(F)c2)c1. The molecule has 0 aromatic heterocycles. The van der Waals surface area contributed by atoms with Gasteiger partial charge in [0.05, 0.1) is 0 Å². The lowest BCUT2D eigenvalue weighted by atomic mass is 9.99. The first-order valence-electron chi connectivity index (χ1n) is 5.98. The highest BCUT2D eigenvalue weighted by atomic mass is 19.2. The Balaban J connectivity index is 2.29. The van der Waals surface area contributed by atoms with Gasteiger partial charge in [0.15, 0.2) is 11.6 Å². The summed E-state index contributed by atoms with van der Waals surface area (Å²) in [7, 11) is 1.83. The van der Waals surface area contributed by atoms with Gasteiger partial charge >= 0.3 is 0 Å². The number of aliphatic hydroxyl groups is 1. The molecule has 1 atom stereocenters. The topological polar surface area (TPSA) is 32.3 Å². The van der Waals surface area contributed by atoms with Gasteiger partial charge in [-0.05, 0) is 35.9 Å². The molecule has 100 valence electrons. The molecule has 2 rings (SSSR count). The van der Waals surface area contributed by atoms with Crippen molar-refractivity contribution in [2.45, 2.75) is 12.6 Å². The summed E-state index contributed by atoms with van der Waals surface area (Å²) in [5.74, 6) is -1.87. The first-order chi connectivity index (χ1) is 9.11. The summed E-state index contributed by atoms with van der Waals surface area (Å²) >= 11 is 0. The Morgan fingerprint density at radius 1 is 1.05 bits per heavy atom. The van der Waals surface area contributed by atoms with Crippen molar-refractivity contribution in [2.75, 3.05) is 7.05 Å². The predicted molar refractivity (Wildman–Crippen MR) is 69.6 cm³/mol. The fourth-order valence-electron chi connectivity index (χ4n) is 1.95. The molecule has 0 fully saturated rings. The van der Waals surface area contributed by atoms with Gasteiger partial charge in [-0.1, -0.05) is 30.3 Å². The number of halogens is 2. The minimum Gasteiger partial charge on any atom is -0.384 e. The molecule has 1 unspecified atom stereocenters. The van der Waals surface area contributed by atoms with Crippen LogP contribution in [0.1, 0.15) is 22.8 Å². The molecule has 2 N–H and O–H groups in total. The third kappa shape index (κ3) is 3.16. The van der Waals surface area contributed by atoms with E-state index in [0.29, 0.717) is 17.7 Å². The van der Waals surface area contributed by atoms with Gasteiger partial charge in [-0.25, -0.2) is 8.78 Å². The van der Waals surface area contributed by atoms with Gasteiger partial charge in [0.25, 0.3) is 0 Å². The average molecular weight is 263 g/mol. The standard InChI is InChI=1S/C15H15F2NO/c1-18-9-10-3-2-4-11(7-10)15(19)12-5-6-13(16)14(17)8-12/h2-8,15,18-19H,9H2,1H3. The maximum Gasteiger partial charge on any atom is 0.159 e. The third-order valence-electron chi connectivity index (χ3n) is 2.91. The van der Waals surface area contributed by atoms with Crippen LogP contribution in [0.4, 0.5) is 8.78 Å². The highest BCUT2D eigenvalue weighted by molar-refractivity contribution is 5.33. The van der Waals surface area contributed by atoms with Crippen molar-refractivity contribution in [1.82, 2.24) is 5.32 Å². The first kappa shape index (κ1) is 13.6. The molecule has 2 nitrogen and oxygen atoms in total. The second-order valence-electron chi connectivity index (χ2n) is 4.35. The first-order valence-corrected chi connectivity index (χ1v) is 5.98. The molecule has 0 aliphatic heterocycles. The Morgan fingerprint density at radius 3 is 2.47 bits per heavy atom. The number of aliphatic hydroxyl groups excluding tert-OH is 1. The van der Waals surface area contributed by atoms with Crippen molar-refractivity contribution in [3.63, 3.8) is 0 Å². The molecule has 0 heterocycles. The van der Waals surface area contributed by atoms with Crippen molar-refractivity contribution >= 4 is 0 Å². The quantitative estimate of drug-likeness (QED) is 0.889. The molecule has 0 aliphatic rings. The van der Waals surface area contributed by atoms with Crippen LogP contribution in [0.25, 0.3) is 0 Å². The fraction of sp³-hybridized carbons (Fsp3) is 0.200. The van der Waals surface area contributed by atoms with E-state index in [1.54, 1.807) is 6.07 Å². The van der Waals surface area contributed by atoms with Gasteiger partial charge in [-0.3, -0.25) is 0 Å². The minimum atomic E-state index is -0.966. The zero-order valence-corrected chi connectivity index (χ0v) is 10.5. The van der Waals surface area contributed by atoms with Crippen molar-refractivity contribution in [1.29, 1.82) is 0 Å². The van der Waals surface area contributed by atoms with E-state index in [-0.39, 0.29) is 0 Å². The van der Waals surface area contributed by atoms with Crippen LogP contribution in [-0.2, 0) is 6.54 Å². The maximum atomic E-state index is 13.2. The lowest BCUT2D eigenvalue weighted by molar-refractivity contribution is 0.219. The number of nitrogens with one attached hydrogen (secondary N) is 1. The second kappa shape index (κ2) is 5.91. The van der Waals surface area contributed by atoms with E-state index in [1.807, 2.05) is 25.2 Å². The minimum absolute atomic E-state index is 0.334. The zero-order chi connectivity index (χ0) is 13.8. The van der Waals surface area contributed by atoms with Gasteiger partial charge in [-0.2, -0.15) is 0 Å². The van der Waals surface area contributed by atoms with Crippen molar-refractivity contribution in [3.8, 4) is 0 Å². The molecule has 19 heavy (non-hydrogen) atoms. The van der Waals surface area contributed by atoms with Crippen LogP contribution in [0.5, 0.6) is 0 Å². The average Bonchev–Trinajstić information content (AvgIpc) is 2.42. The molecule has 2 aromatic rings. The van der Waals surface area contributed by atoms with Gasteiger partial charge in [0.1, 0.15) is 6.10 Å². The summed E-state index contributed by atoms with van der Waals surface area (Å²) in [4.78, 5) is 0. The lowest BCUT2D eigenvalue weighted by Gasteiger charge is -2.13. The zero-order valence-electron chi connectivity index (χ0n) is 10.5. The summed E-state index contributed by atoms with van der Waals surface area (Å²) in [6.45, 7) is 0.679. The monoisotopic (exact) mass is 263 g/mol. The van der Waals surface area contributed by atoms with E-state index in [4.69, 9.17) is 0 Å². The van der Waals surface area contributed by atoms with E-state index in [9.17, 15) is 13.9 Å². The number of rotatable bonds is 4. The Kier molecular flexibility index (Phi) is 4.24.